The van der Waals surface area contributed by atoms with Gasteiger partial charge < -0.3 is 14.4 Å². The normalized spacial score (nSPS) is 15.6. The number of anilines is 1. The zero-order valence-electron chi connectivity index (χ0n) is 9.33. The number of aromatic carboxylic acids is 1. The maximum absolute atomic E-state index is 10.8. The van der Waals surface area contributed by atoms with Crippen molar-refractivity contribution in [1.29, 1.82) is 0 Å². The van der Waals surface area contributed by atoms with Crippen LogP contribution in [0, 0.1) is 0 Å². The number of hydrogen-bond acceptors (Lipinski definition) is 3. The van der Waals surface area contributed by atoms with Crippen LogP contribution in [0.3, 0.4) is 0 Å². The van der Waals surface area contributed by atoms with E-state index in [0.29, 0.717) is 5.65 Å². The van der Waals surface area contributed by atoms with E-state index in [4.69, 9.17) is 5.11 Å². The molecular weight excluding hydrogens is 218 g/mol. The van der Waals surface area contributed by atoms with Crippen LogP contribution in [-0.4, -0.2) is 33.6 Å². The third-order valence-corrected chi connectivity index (χ3v) is 3.13. The fourth-order valence-electron chi connectivity index (χ4n) is 2.25. The van der Waals surface area contributed by atoms with Crippen LogP contribution in [0.4, 0.5) is 5.69 Å². The molecule has 5 heteroatoms. The highest BCUT2D eigenvalue weighted by Gasteiger charge is 2.14. The topological polar surface area (TPSA) is 57.8 Å². The van der Waals surface area contributed by atoms with Crippen molar-refractivity contribution in [3.05, 3.63) is 30.2 Å². The molecule has 5 nitrogen and oxygen atoms in total. The standard InChI is InChI=1S/C12H13N3O2/c16-12(17)10-8-15-7-9(3-4-11(15)13-10)14-5-1-2-6-14/h3-4,7-8H,1-2,5-6H2,(H,16,17). The van der Waals surface area contributed by atoms with Crippen LogP contribution in [0.5, 0.6) is 0 Å². The second-order valence-electron chi connectivity index (χ2n) is 4.28. The van der Waals surface area contributed by atoms with Gasteiger partial charge in [0.25, 0.3) is 0 Å². The number of carbonyl (C=O) groups is 1. The minimum absolute atomic E-state index is 0.0866. The Morgan fingerprint density at radius 1 is 1.24 bits per heavy atom. The van der Waals surface area contributed by atoms with Crippen molar-refractivity contribution < 1.29 is 9.90 Å². The van der Waals surface area contributed by atoms with E-state index in [9.17, 15) is 4.79 Å². The van der Waals surface area contributed by atoms with Crippen LogP contribution in [0.2, 0.25) is 0 Å². The third kappa shape index (κ3) is 1.73. The monoisotopic (exact) mass is 231 g/mol. The molecule has 17 heavy (non-hydrogen) atoms. The van der Waals surface area contributed by atoms with E-state index in [2.05, 4.69) is 9.88 Å². The Bertz CT molecular complexity index is 570. The highest BCUT2D eigenvalue weighted by molar-refractivity contribution is 5.86. The fraction of sp³-hybridized carbons (Fsp3) is 0.333. The van der Waals surface area contributed by atoms with Gasteiger partial charge in [-0.3, -0.25) is 0 Å². The molecule has 0 aromatic carbocycles. The molecule has 0 unspecified atom stereocenters. The molecule has 3 rings (SSSR count). The van der Waals surface area contributed by atoms with Gasteiger partial charge in [0.1, 0.15) is 5.65 Å². The highest BCUT2D eigenvalue weighted by atomic mass is 16.4. The molecule has 2 aromatic rings. The van der Waals surface area contributed by atoms with E-state index in [-0.39, 0.29) is 5.69 Å². The molecule has 0 spiro atoms. The van der Waals surface area contributed by atoms with Gasteiger partial charge in [-0.25, -0.2) is 9.78 Å². The molecule has 0 bridgehead atoms. The average molecular weight is 231 g/mol. The van der Waals surface area contributed by atoms with Gasteiger partial charge in [0, 0.05) is 25.5 Å². The van der Waals surface area contributed by atoms with E-state index in [0.717, 1.165) is 18.8 Å². The fourth-order valence-corrected chi connectivity index (χ4v) is 2.25. The van der Waals surface area contributed by atoms with Gasteiger partial charge >= 0.3 is 5.97 Å². The van der Waals surface area contributed by atoms with Crippen molar-refractivity contribution in [3.8, 4) is 0 Å². The number of aromatic nitrogens is 2. The van der Waals surface area contributed by atoms with Crippen molar-refractivity contribution in [2.75, 3.05) is 18.0 Å². The molecule has 0 atom stereocenters. The average Bonchev–Trinajstić information content (AvgIpc) is 2.97. The number of carboxylic acid groups (broad SMARTS) is 1. The van der Waals surface area contributed by atoms with E-state index >= 15 is 0 Å². The van der Waals surface area contributed by atoms with Crippen molar-refractivity contribution in [1.82, 2.24) is 9.38 Å². The molecule has 88 valence electrons. The molecule has 1 aliphatic rings. The second kappa shape index (κ2) is 3.76. The lowest BCUT2D eigenvalue weighted by Crippen LogP contribution is -2.17. The number of nitrogens with zero attached hydrogens (tertiary/aromatic N) is 3. The molecular formula is C12H13N3O2. The largest absolute Gasteiger partial charge is 0.476 e. The van der Waals surface area contributed by atoms with Gasteiger partial charge in [-0.15, -0.1) is 0 Å². The van der Waals surface area contributed by atoms with E-state index in [1.807, 2.05) is 18.3 Å². The minimum atomic E-state index is -0.989. The third-order valence-electron chi connectivity index (χ3n) is 3.13. The summed E-state index contributed by atoms with van der Waals surface area (Å²) in [6.45, 7) is 2.15. The lowest BCUT2D eigenvalue weighted by molar-refractivity contribution is 0.0691. The van der Waals surface area contributed by atoms with Crippen molar-refractivity contribution in [2.45, 2.75) is 12.8 Å². The maximum atomic E-state index is 10.8. The zero-order valence-corrected chi connectivity index (χ0v) is 9.33. The molecule has 0 saturated carbocycles. The van der Waals surface area contributed by atoms with Crippen molar-refractivity contribution >= 4 is 17.3 Å². The van der Waals surface area contributed by atoms with Gasteiger partial charge in [0.05, 0.1) is 5.69 Å². The molecule has 2 aromatic heterocycles. The van der Waals surface area contributed by atoms with E-state index in [1.54, 1.807) is 10.6 Å². The first-order chi connectivity index (χ1) is 8.24. The number of rotatable bonds is 2. The summed E-state index contributed by atoms with van der Waals surface area (Å²) < 4.78 is 1.77. The van der Waals surface area contributed by atoms with Crippen molar-refractivity contribution in [3.63, 3.8) is 0 Å². The zero-order chi connectivity index (χ0) is 11.8. The van der Waals surface area contributed by atoms with E-state index in [1.165, 1.54) is 12.8 Å². The predicted octanol–water partition coefficient (Wildman–Crippen LogP) is 1.63. The summed E-state index contributed by atoms with van der Waals surface area (Å²) in [4.78, 5) is 17.2. The highest BCUT2D eigenvalue weighted by Crippen LogP contribution is 2.20. The van der Waals surface area contributed by atoms with Gasteiger partial charge in [-0.1, -0.05) is 0 Å². The summed E-state index contributed by atoms with van der Waals surface area (Å²) in [5, 5.41) is 8.88. The first kappa shape index (κ1) is 10.1. The van der Waals surface area contributed by atoms with Crippen LogP contribution in [-0.2, 0) is 0 Å². The Kier molecular flexibility index (Phi) is 2.24. The number of fused-ring (bicyclic) bond motifs is 1. The Balaban J connectivity index is 2.02. The van der Waals surface area contributed by atoms with Crippen LogP contribution in [0.25, 0.3) is 5.65 Å². The number of carboxylic acids is 1. The Morgan fingerprint density at radius 2 is 2.00 bits per heavy atom. The lowest BCUT2D eigenvalue weighted by atomic mass is 10.4. The van der Waals surface area contributed by atoms with Gasteiger partial charge in [-0.05, 0) is 25.0 Å². The van der Waals surface area contributed by atoms with Gasteiger partial charge in [0.15, 0.2) is 5.69 Å². The molecule has 0 aliphatic carbocycles. The first-order valence-corrected chi connectivity index (χ1v) is 5.71. The van der Waals surface area contributed by atoms with Gasteiger partial charge in [-0.2, -0.15) is 0 Å². The summed E-state index contributed by atoms with van der Waals surface area (Å²) in [7, 11) is 0. The lowest BCUT2D eigenvalue weighted by Gasteiger charge is -2.17. The van der Waals surface area contributed by atoms with Crippen molar-refractivity contribution in [2.24, 2.45) is 0 Å². The van der Waals surface area contributed by atoms with Crippen LogP contribution < -0.4 is 4.90 Å². The summed E-state index contributed by atoms with van der Waals surface area (Å²) in [5.41, 5.74) is 1.89. The molecule has 1 N–H and O–H groups in total. The maximum Gasteiger partial charge on any atom is 0.356 e. The molecule has 3 heterocycles. The summed E-state index contributed by atoms with van der Waals surface area (Å²) in [6, 6.07) is 3.86. The summed E-state index contributed by atoms with van der Waals surface area (Å²) in [6.07, 6.45) is 5.95. The van der Waals surface area contributed by atoms with Crippen LogP contribution >= 0.6 is 0 Å². The molecule has 0 radical (unpaired) electrons. The quantitative estimate of drug-likeness (QED) is 0.853. The van der Waals surface area contributed by atoms with Gasteiger partial charge in [0.2, 0.25) is 0 Å². The predicted molar refractivity (Wildman–Crippen MR) is 63.6 cm³/mol. The van der Waals surface area contributed by atoms with E-state index < -0.39 is 5.97 Å². The SMILES string of the molecule is O=C(O)c1cn2cc(N3CCCC3)ccc2n1. The Labute approximate surface area is 98.3 Å². The summed E-state index contributed by atoms with van der Waals surface area (Å²) in [5.74, 6) is -0.989. The molecule has 1 fully saturated rings. The molecule has 0 amide bonds. The Morgan fingerprint density at radius 3 is 2.71 bits per heavy atom. The van der Waals surface area contributed by atoms with Crippen LogP contribution in [0.1, 0.15) is 23.3 Å². The molecule has 1 aliphatic heterocycles. The minimum Gasteiger partial charge on any atom is -0.476 e. The summed E-state index contributed by atoms with van der Waals surface area (Å²) >= 11 is 0. The van der Waals surface area contributed by atoms with Crippen LogP contribution in [0.15, 0.2) is 24.5 Å². The Hall–Kier alpha value is -2.04. The molecule has 1 saturated heterocycles. The number of pyridine rings is 1. The number of hydrogen-bond donors (Lipinski definition) is 1. The second-order valence-corrected chi connectivity index (χ2v) is 4.28. The number of imidazole rings is 1. The first-order valence-electron chi connectivity index (χ1n) is 5.71. The smallest absolute Gasteiger partial charge is 0.356 e.